The molecule has 0 unspecified atom stereocenters. The number of aromatic nitrogens is 1. The van der Waals surface area contributed by atoms with Crippen molar-refractivity contribution in [3.8, 4) is 5.75 Å². The maximum atomic E-state index is 14.0. The minimum Gasteiger partial charge on any atom is -0.493 e. The molecular formula is C23H19ClFN3O3. The summed E-state index contributed by atoms with van der Waals surface area (Å²) in [4.78, 5) is 30.6. The van der Waals surface area contributed by atoms with Crippen molar-refractivity contribution in [1.82, 2.24) is 4.98 Å². The Morgan fingerprint density at radius 2 is 2.06 bits per heavy atom. The van der Waals surface area contributed by atoms with Gasteiger partial charge in [-0.25, -0.2) is 9.37 Å². The highest BCUT2D eigenvalue weighted by molar-refractivity contribution is 6.31. The first-order chi connectivity index (χ1) is 14.9. The lowest BCUT2D eigenvalue weighted by Gasteiger charge is -2.21. The lowest BCUT2D eigenvalue weighted by Crippen LogP contribution is -2.24. The van der Waals surface area contributed by atoms with E-state index in [1.165, 1.54) is 36.2 Å². The van der Waals surface area contributed by atoms with Gasteiger partial charge in [0.05, 0.1) is 18.7 Å². The molecule has 31 heavy (non-hydrogen) atoms. The van der Waals surface area contributed by atoms with Crippen molar-refractivity contribution in [2.24, 2.45) is 0 Å². The van der Waals surface area contributed by atoms with E-state index in [1.54, 1.807) is 18.2 Å². The Morgan fingerprint density at radius 3 is 2.84 bits per heavy atom. The van der Waals surface area contributed by atoms with Gasteiger partial charge < -0.3 is 10.1 Å². The van der Waals surface area contributed by atoms with E-state index in [-0.39, 0.29) is 22.9 Å². The van der Waals surface area contributed by atoms with Crippen LogP contribution >= 0.6 is 11.6 Å². The van der Waals surface area contributed by atoms with Crippen molar-refractivity contribution < 1.29 is 18.7 Å². The maximum Gasteiger partial charge on any atom is 0.229 e. The van der Waals surface area contributed by atoms with Crippen molar-refractivity contribution in [3.05, 3.63) is 76.7 Å². The number of pyridine rings is 1. The molecule has 158 valence electrons. The third kappa shape index (κ3) is 4.51. The summed E-state index contributed by atoms with van der Waals surface area (Å²) in [5, 5.41) is 2.90. The van der Waals surface area contributed by atoms with Crippen molar-refractivity contribution in [3.63, 3.8) is 0 Å². The van der Waals surface area contributed by atoms with Crippen LogP contribution in [0.5, 0.6) is 5.75 Å². The van der Waals surface area contributed by atoms with Gasteiger partial charge in [0.2, 0.25) is 11.8 Å². The summed E-state index contributed by atoms with van der Waals surface area (Å²) in [5.41, 5.74) is 2.24. The number of fused-ring (bicyclic) bond motifs is 1. The molecule has 6 nitrogen and oxygen atoms in total. The zero-order valence-electron chi connectivity index (χ0n) is 16.7. The molecule has 0 spiro atoms. The Bertz CT molecular complexity index is 1150. The Balaban J connectivity index is 1.56. The largest absolute Gasteiger partial charge is 0.493 e. The molecular weight excluding hydrogens is 421 g/mol. The van der Waals surface area contributed by atoms with E-state index < -0.39 is 11.7 Å². The molecule has 1 N–H and O–H groups in total. The fourth-order valence-corrected chi connectivity index (χ4v) is 3.70. The fourth-order valence-electron chi connectivity index (χ4n) is 3.47. The number of hydrogen-bond acceptors (Lipinski definition) is 4. The van der Waals surface area contributed by atoms with E-state index in [2.05, 4.69) is 10.3 Å². The fraction of sp³-hybridized carbons (Fsp3) is 0.174. The molecule has 0 saturated carbocycles. The Morgan fingerprint density at radius 1 is 1.23 bits per heavy atom. The number of nitrogens with one attached hydrogen (secondary N) is 1. The van der Waals surface area contributed by atoms with Crippen molar-refractivity contribution in [1.29, 1.82) is 0 Å². The van der Waals surface area contributed by atoms with Crippen LogP contribution in [0.4, 0.5) is 21.6 Å². The SMILES string of the molecule is CC(=O)N(c1ccc2c(c1)CCO2)c1cc(NC(=O)Cc2c(F)cccc2Cl)ccn1. The third-order valence-electron chi connectivity index (χ3n) is 4.90. The van der Waals surface area contributed by atoms with Crippen molar-refractivity contribution >= 4 is 40.6 Å². The van der Waals surface area contributed by atoms with E-state index >= 15 is 0 Å². The highest BCUT2D eigenvalue weighted by Crippen LogP contribution is 2.33. The molecule has 4 rings (SSSR count). The number of carbonyl (C=O) groups excluding carboxylic acids is 2. The topological polar surface area (TPSA) is 71.5 Å². The van der Waals surface area contributed by atoms with Crippen LogP contribution in [-0.2, 0) is 22.4 Å². The molecule has 1 aliphatic heterocycles. The summed E-state index contributed by atoms with van der Waals surface area (Å²) < 4.78 is 19.5. The summed E-state index contributed by atoms with van der Waals surface area (Å²) in [6, 6.07) is 13.0. The van der Waals surface area contributed by atoms with Crippen LogP contribution in [-0.4, -0.2) is 23.4 Å². The Kier molecular flexibility index (Phi) is 5.86. The summed E-state index contributed by atoms with van der Waals surface area (Å²) in [7, 11) is 0. The second-order valence-corrected chi connectivity index (χ2v) is 7.48. The quantitative estimate of drug-likeness (QED) is 0.626. The van der Waals surface area contributed by atoms with Crippen LogP contribution in [0, 0.1) is 5.82 Å². The zero-order valence-corrected chi connectivity index (χ0v) is 17.4. The monoisotopic (exact) mass is 439 g/mol. The van der Waals surface area contributed by atoms with Gasteiger partial charge in [0.15, 0.2) is 0 Å². The van der Waals surface area contributed by atoms with Gasteiger partial charge in [-0.15, -0.1) is 0 Å². The highest BCUT2D eigenvalue weighted by Gasteiger charge is 2.20. The van der Waals surface area contributed by atoms with Crippen molar-refractivity contribution in [2.45, 2.75) is 19.8 Å². The molecule has 0 atom stereocenters. The normalized spacial score (nSPS) is 12.1. The van der Waals surface area contributed by atoms with Gasteiger partial charge in [-0.05, 0) is 42.0 Å². The van der Waals surface area contributed by atoms with Gasteiger partial charge in [-0.3, -0.25) is 14.5 Å². The first kappa shape index (κ1) is 20.8. The molecule has 3 aromatic rings. The molecule has 0 radical (unpaired) electrons. The molecule has 2 heterocycles. The zero-order chi connectivity index (χ0) is 22.0. The lowest BCUT2D eigenvalue weighted by atomic mass is 10.1. The molecule has 8 heteroatoms. The van der Waals surface area contributed by atoms with Gasteiger partial charge >= 0.3 is 0 Å². The van der Waals surface area contributed by atoms with Gasteiger partial charge in [0, 0.05) is 41.9 Å². The minimum atomic E-state index is -0.540. The molecule has 2 aromatic carbocycles. The summed E-state index contributed by atoms with van der Waals surface area (Å²) >= 11 is 6.00. The molecule has 0 fully saturated rings. The predicted octanol–water partition coefficient (Wildman–Crippen LogP) is 4.67. The maximum absolute atomic E-state index is 14.0. The molecule has 0 aliphatic carbocycles. The highest BCUT2D eigenvalue weighted by atomic mass is 35.5. The molecule has 2 amide bonds. The number of nitrogens with zero attached hydrogens (tertiary/aromatic N) is 2. The van der Waals surface area contributed by atoms with Gasteiger partial charge in [-0.1, -0.05) is 17.7 Å². The standard InChI is InChI=1S/C23H19ClFN3O3/c1-14(29)28(17-5-6-21-15(11-17)8-10-31-21)22-12-16(7-9-26-22)27-23(30)13-18-19(24)3-2-4-20(18)25/h2-7,9,11-12H,8,10,13H2,1H3,(H,26,27,30). The summed E-state index contributed by atoms with van der Waals surface area (Å²) in [6.07, 6.45) is 2.05. The van der Waals surface area contributed by atoms with Crippen LogP contribution in [0.15, 0.2) is 54.7 Å². The first-order valence-corrected chi connectivity index (χ1v) is 10.1. The summed E-state index contributed by atoms with van der Waals surface area (Å²) in [5.74, 6) is -0.0382. The Hall–Kier alpha value is -3.45. The van der Waals surface area contributed by atoms with E-state index in [0.717, 1.165) is 17.7 Å². The van der Waals surface area contributed by atoms with E-state index in [9.17, 15) is 14.0 Å². The first-order valence-electron chi connectivity index (χ1n) is 9.67. The van der Waals surface area contributed by atoms with E-state index in [0.29, 0.717) is 23.8 Å². The number of ether oxygens (including phenoxy) is 1. The van der Waals surface area contributed by atoms with Crippen LogP contribution in [0.25, 0.3) is 0 Å². The second kappa shape index (κ2) is 8.73. The van der Waals surface area contributed by atoms with Crippen LogP contribution < -0.4 is 15.0 Å². The number of amides is 2. The minimum absolute atomic E-state index is 0.127. The number of halogens is 2. The van der Waals surface area contributed by atoms with Gasteiger partial charge in [-0.2, -0.15) is 0 Å². The average Bonchev–Trinajstić information content (AvgIpc) is 3.19. The second-order valence-electron chi connectivity index (χ2n) is 7.07. The van der Waals surface area contributed by atoms with Crippen LogP contribution in [0.3, 0.4) is 0 Å². The number of hydrogen-bond donors (Lipinski definition) is 1. The molecule has 1 aromatic heterocycles. The molecule has 0 bridgehead atoms. The average molecular weight is 440 g/mol. The number of anilines is 3. The lowest BCUT2D eigenvalue weighted by molar-refractivity contribution is -0.116. The predicted molar refractivity (Wildman–Crippen MR) is 116 cm³/mol. The smallest absolute Gasteiger partial charge is 0.229 e. The summed E-state index contributed by atoms with van der Waals surface area (Å²) in [6.45, 7) is 2.06. The van der Waals surface area contributed by atoms with E-state index in [1.807, 2.05) is 12.1 Å². The number of rotatable bonds is 5. The van der Waals surface area contributed by atoms with Gasteiger partial charge in [0.25, 0.3) is 0 Å². The van der Waals surface area contributed by atoms with Crippen LogP contribution in [0.2, 0.25) is 5.02 Å². The molecule has 1 aliphatic rings. The van der Waals surface area contributed by atoms with Crippen molar-refractivity contribution in [2.75, 3.05) is 16.8 Å². The van der Waals surface area contributed by atoms with Crippen LogP contribution in [0.1, 0.15) is 18.1 Å². The number of carbonyl (C=O) groups is 2. The Labute approximate surface area is 183 Å². The molecule has 0 saturated heterocycles. The third-order valence-corrected chi connectivity index (χ3v) is 5.26. The van der Waals surface area contributed by atoms with E-state index in [4.69, 9.17) is 16.3 Å². The number of benzene rings is 2. The van der Waals surface area contributed by atoms with Gasteiger partial charge in [0.1, 0.15) is 17.4 Å².